The largest absolute Gasteiger partial charge is 0.492 e. The first-order valence-corrected chi connectivity index (χ1v) is 10.6. The second-order valence-corrected chi connectivity index (χ2v) is 8.05. The molecule has 0 radical (unpaired) electrons. The molecule has 0 bridgehead atoms. The van der Waals surface area contributed by atoms with E-state index in [1.807, 2.05) is 31.2 Å². The number of ether oxygens (including phenoxy) is 1. The summed E-state index contributed by atoms with van der Waals surface area (Å²) >= 11 is 3.26. The minimum Gasteiger partial charge on any atom is -0.492 e. The van der Waals surface area contributed by atoms with Gasteiger partial charge in [-0.2, -0.15) is 0 Å². The molecule has 0 aliphatic carbocycles. The molecule has 0 saturated heterocycles. The Morgan fingerprint density at radius 2 is 1.78 bits per heavy atom. The molecular formula is C21H19N3OS2. The second-order valence-electron chi connectivity index (χ2n) is 5.85. The predicted molar refractivity (Wildman–Crippen MR) is 114 cm³/mol. The lowest BCUT2D eigenvalue weighted by atomic mass is 10.1. The van der Waals surface area contributed by atoms with Crippen LogP contribution in [0.25, 0.3) is 10.8 Å². The van der Waals surface area contributed by atoms with Gasteiger partial charge in [-0.25, -0.2) is 0 Å². The molecule has 4 nitrogen and oxygen atoms in total. The van der Waals surface area contributed by atoms with Crippen LogP contribution in [0.4, 0.5) is 10.8 Å². The average molecular weight is 394 g/mol. The van der Waals surface area contributed by atoms with E-state index in [1.54, 1.807) is 23.1 Å². The van der Waals surface area contributed by atoms with Gasteiger partial charge in [-0.05, 0) is 35.4 Å². The maximum absolute atomic E-state index is 5.65. The number of fused-ring (bicyclic) bond motifs is 1. The average Bonchev–Trinajstić information content (AvgIpc) is 3.15. The van der Waals surface area contributed by atoms with Gasteiger partial charge in [0.2, 0.25) is 5.13 Å². The number of anilines is 2. The van der Waals surface area contributed by atoms with Gasteiger partial charge in [0.25, 0.3) is 0 Å². The van der Waals surface area contributed by atoms with Crippen molar-refractivity contribution in [2.45, 2.75) is 17.0 Å². The molecule has 1 aromatic heterocycles. The van der Waals surface area contributed by atoms with Gasteiger partial charge < -0.3 is 10.1 Å². The third-order valence-corrected chi connectivity index (χ3v) is 6.09. The van der Waals surface area contributed by atoms with Crippen LogP contribution in [0, 0.1) is 0 Å². The van der Waals surface area contributed by atoms with Crippen molar-refractivity contribution >= 4 is 44.7 Å². The standard InChI is InChI=1S/C21H19N3OS2/c1-2-25-19-13-6-5-12-18(19)22-20-23-24-21(27-20)26-14-16-10-7-9-15-8-3-4-11-17(15)16/h3-13H,2,14H2,1H3,(H,22,23). The molecule has 136 valence electrons. The number of nitrogens with one attached hydrogen (secondary N) is 1. The predicted octanol–water partition coefficient (Wildman–Crippen LogP) is 6.13. The minimum absolute atomic E-state index is 0.626. The SMILES string of the molecule is CCOc1ccccc1Nc1nnc(SCc2cccc3ccccc23)s1. The molecule has 0 fully saturated rings. The summed E-state index contributed by atoms with van der Waals surface area (Å²) in [6.07, 6.45) is 0. The Kier molecular flexibility index (Phi) is 5.55. The second kappa shape index (κ2) is 8.41. The zero-order valence-corrected chi connectivity index (χ0v) is 16.5. The summed E-state index contributed by atoms with van der Waals surface area (Å²) < 4.78 is 6.59. The van der Waals surface area contributed by atoms with Gasteiger partial charge in [0.1, 0.15) is 5.75 Å². The van der Waals surface area contributed by atoms with E-state index in [1.165, 1.54) is 16.3 Å². The highest BCUT2D eigenvalue weighted by atomic mass is 32.2. The fourth-order valence-electron chi connectivity index (χ4n) is 2.84. The third kappa shape index (κ3) is 4.23. The number of para-hydroxylation sites is 2. The highest BCUT2D eigenvalue weighted by Crippen LogP contribution is 2.33. The fourth-order valence-corrected chi connectivity index (χ4v) is 4.61. The molecule has 0 aliphatic rings. The Morgan fingerprint density at radius 3 is 2.70 bits per heavy atom. The molecule has 4 aromatic rings. The van der Waals surface area contributed by atoms with Crippen LogP contribution in [0.3, 0.4) is 0 Å². The smallest absolute Gasteiger partial charge is 0.210 e. The maximum Gasteiger partial charge on any atom is 0.210 e. The highest BCUT2D eigenvalue weighted by Gasteiger charge is 2.09. The Bertz CT molecular complexity index is 1040. The van der Waals surface area contributed by atoms with Crippen LogP contribution in [-0.4, -0.2) is 16.8 Å². The van der Waals surface area contributed by atoms with E-state index in [4.69, 9.17) is 4.74 Å². The topological polar surface area (TPSA) is 47.0 Å². The van der Waals surface area contributed by atoms with Gasteiger partial charge >= 0.3 is 0 Å². The van der Waals surface area contributed by atoms with Gasteiger partial charge in [-0.1, -0.05) is 77.7 Å². The molecular weight excluding hydrogens is 374 g/mol. The number of thioether (sulfide) groups is 1. The summed E-state index contributed by atoms with van der Waals surface area (Å²) in [6, 6.07) is 22.8. The first-order chi connectivity index (χ1) is 13.3. The van der Waals surface area contributed by atoms with E-state index in [9.17, 15) is 0 Å². The maximum atomic E-state index is 5.65. The Labute approximate surface area is 166 Å². The molecule has 1 N–H and O–H groups in total. The van der Waals surface area contributed by atoms with E-state index in [0.717, 1.165) is 26.7 Å². The van der Waals surface area contributed by atoms with Crippen LogP contribution in [0.5, 0.6) is 5.75 Å². The number of nitrogens with zero attached hydrogens (tertiary/aromatic N) is 2. The molecule has 0 spiro atoms. The Hall–Kier alpha value is -2.57. The van der Waals surface area contributed by atoms with Crippen molar-refractivity contribution in [3.63, 3.8) is 0 Å². The Morgan fingerprint density at radius 1 is 0.963 bits per heavy atom. The summed E-state index contributed by atoms with van der Waals surface area (Å²) in [6.45, 7) is 2.60. The first-order valence-electron chi connectivity index (χ1n) is 8.75. The summed E-state index contributed by atoms with van der Waals surface area (Å²) in [4.78, 5) is 0. The van der Waals surface area contributed by atoms with Gasteiger partial charge in [-0.15, -0.1) is 10.2 Å². The van der Waals surface area contributed by atoms with E-state index < -0.39 is 0 Å². The first kappa shape index (κ1) is 17.8. The van der Waals surface area contributed by atoms with Crippen LogP contribution in [0.15, 0.2) is 71.1 Å². The zero-order chi connectivity index (χ0) is 18.5. The van der Waals surface area contributed by atoms with Crippen molar-refractivity contribution < 1.29 is 4.74 Å². The van der Waals surface area contributed by atoms with E-state index >= 15 is 0 Å². The highest BCUT2D eigenvalue weighted by molar-refractivity contribution is 8.00. The summed E-state index contributed by atoms with van der Waals surface area (Å²) in [5, 5.41) is 15.2. The third-order valence-electron chi connectivity index (χ3n) is 4.07. The fraction of sp³-hybridized carbons (Fsp3) is 0.143. The molecule has 1 heterocycles. The number of hydrogen-bond donors (Lipinski definition) is 1. The van der Waals surface area contributed by atoms with Crippen molar-refractivity contribution in [2.24, 2.45) is 0 Å². The molecule has 27 heavy (non-hydrogen) atoms. The monoisotopic (exact) mass is 393 g/mol. The molecule has 0 aliphatic heterocycles. The number of aromatic nitrogens is 2. The molecule has 6 heteroatoms. The van der Waals surface area contributed by atoms with Crippen LogP contribution in [0.2, 0.25) is 0 Å². The van der Waals surface area contributed by atoms with Crippen molar-refractivity contribution in [3.05, 3.63) is 72.3 Å². The number of benzene rings is 3. The van der Waals surface area contributed by atoms with Crippen molar-refractivity contribution in [3.8, 4) is 5.75 Å². The molecule has 0 atom stereocenters. The van der Waals surface area contributed by atoms with Gasteiger partial charge in [0.15, 0.2) is 4.34 Å². The van der Waals surface area contributed by atoms with Crippen molar-refractivity contribution in [1.82, 2.24) is 10.2 Å². The van der Waals surface area contributed by atoms with Gasteiger partial charge in [0, 0.05) is 5.75 Å². The lowest BCUT2D eigenvalue weighted by molar-refractivity contribution is 0.342. The van der Waals surface area contributed by atoms with Gasteiger partial charge in [0.05, 0.1) is 12.3 Å². The van der Waals surface area contributed by atoms with Crippen LogP contribution >= 0.6 is 23.1 Å². The number of hydrogen-bond acceptors (Lipinski definition) is 6. The van der Waals surface area contributed by atoms with Crippen LogP contribution in [-0.2, 0) is 5.75 Å². The summed E-state index contributed by atoms with van der Waals surface area (Å²) in [5.74, 6) is 1.69. The van der Waals surface area contributed by atoms with Crippen LogP contribution in [0.1, 0.15) is 12.5 Å². The summed E-state index contributed by atoms with van der Waals surface area (Å²) in [5.41, 5.74) is 2.21. The van der Waals surface area contributed by atoms with E-state index in [-0.39, 0.29) is 0 Å². The lowest BCUT2D eigenvalue weighted by Crippen LogP contribution is -1.97. The molecule has 0 saturated carbocycles. The lowest BCUT2D eigenvalue weighted by Gasteiger charge is -2.09. The van der Waals surface area contributed by atoms with Crippen LogP contribution < -0.4 is 10.1 Å². The molecule has 0 unspecified atom stereocenters. The normalized spacial score (nSPS) is 10.9. The number of rotatable bonds is 7. The summed E-state index contributed by atoms with van der Waals surface area (Å²) in [7, 11) is 0. The molecule has 0 amide bonds. The molecule has 4 rings (SSSR count). The zero-order valence-electron chi connectivity index (χ0n) is 14.9. The minimum atomic E-state index is 0.626. The molecule has 3 aromatic carbocycles. The quantitative estimate of drug-likeness (QED) is 0.383. The van der Waals surface area contributed by atoms with Gasteiger partial charge in [-0.3, -0.25) is 0 Å². The Balaban J connectivity index is 1.46. The van der Waals surface area contributed by atoms with Crippen molar-refractivity contribution in [1.29, 1.82) is 0 Å². The van der Waals surface area contributed by atoms with Crippen molar-refractivity contribution in [2.75, 3.05) is 11.9 Å². The van der Waals surface area contributed by atoms with E-state index in [2.05, 4.69) is 58.0 Å². The van der Waals surface area contributed by atoms with E-state index in [0.29, 0.717) is 6.61 Å².